The van der Waals surface area contributed by atoms with Crippen molar-refractivity contribution < 1.29 is 43.2 Å². The Morgan fingerprint density at radius 2 is 1.88 bits per heavy atom. The number of para-hydroxylation sites is 2. The normalized spacial score (nSPS) is 20.2. The number of methoxy groups -OCH3 is 2. The number of Topliss-reactive ketones (excluding diaryl/α,β-unsaturated/α-hetero) is 2. The van der Waals surface area contributed by atoms with Crippen LogP contribution >= 0.6 is 23.4 Å². The van der Waals surface area contributed by atoms with Gasteiger partial charge in [0.1, 0.15) is 27.9 Å². The average molecular weight is 748 g/mol. The van der Waals surface area contributed by atoms with Gasteiger partial charge in [0.25, 0.3) is 0 Å². The molecule has 1 amide bonds. The first-order valence-corrected chi connectivity index (χ1v) is 18.5. The Bertz CT molecular complexity index is 2150. The average Bonchev–Trinajstić information content (AvgIpc) is 3.84. The molecule has 4 aromatic rings. The summed E-state index contributed by atoms with van der Waals surface area (Å²) in [5, 5.41) is 15.5. The first-order chi connectivity index (χ1) is 25.0. The van der Waals surface area contributed by atoms with Crippen molar-refractivity contribution in [3.8, 4) is 28.7 Å². The van der Waals surface area contributed by atoms with E-state index in [1.165, 1.54) is 20.3 Å². The van der Waals surface area contributed by atoms with Gasteiger partial charge < -0.3 is 38.7 Å². The number of benzene rings is 3. The van der Waals surface area contributed by atoms with Gasteiger partial charge in [0.05, 0.1) is 31.3 Å². The Hall–Kier alpha value is -4.88. The number of ketones is 2. The number of nitrogens with zero attached hydrogens (tertiary/aromatic N) is 2. The highest BCUT2D eigenvalue weighted by Gasteiger charge is 2.61. The number of hydrogen-bond acceptors (Lipinski definition) is 11. The van der Waals surface area contributed by atoms with E-state index in [9.17, 15) is 19.5 Å². The quantitative estimate of drug-likeness (QED) is 0.174. The summed E-state index contributed by atoms with van der Waals surface area (Å²) in [6, 6.07) is 13.9. The summed E-state index contributed by atoms with van der Waals surface area (Å²) >= 11 is 8.31. The summed E-state index contributed by atoms with van der Waals surface area (Å²) in [7, 11) is 4.72. The van der Waals surface area contributed by atoms with Crippen molar-refractivity contribution in [2.45, 2.75) is 43.7 Å². The molecule has 4 atom stereocenters. The van der Waals surface area contributed by atoms with Crippen LogP contribution in [0.4, 0.5) is 0 Å². The zero-order valence-electron chi connectivity index (χ0n) is 29.3. The fourth-order valence-corrected chi connectivity index (χ4v) is 8.21. The van der Waals surface area contributed by atoms with Crippen molar-refractivity contribution in [1.29, 1.82) is 0 Å². The van der Waals surface area contributed by atoms with E-state index in [0.717, 1.165) is 16.8 Å². The minimum Gasteiger partial charge on any atom is -0.507 e. The van der Waals surface area contributed by atoms with Gasteiger partial charge in [-0.1, -0.05) is 36.7 Å². The van der Waals surface area contributed by atoms with E-state index < -0.39 is 46.7 Å². The number of ether oxygens (including phenoxy) is 5. The molecule has 1 spiro atoms. The molecule has 1 aliphatic carbocycles. The minimum absolute atomic E-state index is 0.0131. The molecule has 0 fully saturated rings. The van der Waals surface area contributed by atoms with Crippen LogP contribution < -0.4 is 29.0 Å². The molecule has 14 heteroatoms. The van der Waals surface area contributed by atoms with Gasteiger partial charge in [-0.3, -0.25) is 14.4 Å². The van der Waals surface area contributed by atoms with E-state index in [0.29, 0.717) is 29.3 Å². The standard InChI is InChI=1S/C38H38ClN3O9S/c1-19-14-25(43)31(35(45)38(19)36(46)32-28(47-3)17-29(48-4)33(39)34(32)51-38)21(20-10-11-26-27(15-20)50-18-49-26)16-30(44)40-23(12-13-52-5)37-41-22-8-6-7-9-24(22)42(37)2/h6-11,15,17,19,21,23,45H,12-14,16,18H2,1-5H3,(H,40,44)/t19-,21?,23+,38+/m1/s1. The molecular formula is C38H38ClN3O9S. The lowest BCUT2D eigenvalue weighted by atomic mass is 9.69. The Morgan fingerprint density at radius 3 is 2.62 bits per heavy atom. The summed E-state index contributed by atoms with van der Waals surface area (Å²) in [6.07, 6.45) is 2.18. The predicted molar refractivity (Wildman–Crippen MR) is 195 cm³/mol. The summed E-state index contributed by atoms with van der Waals surface area (Å²) < 4.78 is 30.5. The van der Waals surface area contributed by atoms with Crippen LogP contribution in [-0.2, 0) is 16.6 Å². The van der Waals surface area contributed by atoms with Crippen LogP contribution in [0.3, 0.4) is 0 Å². The number of aromatic nitrogens is 2. The van der Waals surface area contributed by atoms with Gasteiger partial charge in [-0.2, -0.15) is 11.8 Å². The number of carbonyl (C=O) groups is 3. The SMILES string of the molecule is COc1cc(OC)c2c(c1Cl)O[C@]1(C2=O)C(O)=C(C(CC(=O)N[C@@H](CCSC)c2nc3ccccc3n2C)c2ccc3c(c2)OCO3)C(=O)C[C@H]1C. The maximum absolute atomic E-state index is 14.5. The second-order valence-electron chi connectivity index (χ2n) is 13.0. The highest BCUT2D eigenvalue weighted by atomic mass is 35.5. The summed E-state index contributed by atoms with van der Waals surface area (Å²) in [6.45, 7) is 1.67. The fraction of sp³-hybridized carbons (Fsp3) is 0.368. The summed E-state index contributed by atoms with van der Waals surface area (Å²) in [5.74, 6) is -1.15. The van der Waals surface area contributed by atoms with Gasteiger partial charge in [0, 0.05) is 43.4 Å². The van der Waals surface area contributed by atoms with Gasteiger partial charge in [0.15, 0.2) is 28.8 Å². The number of amides is 1. The van der Waals surface area contributed by atoms with E-state index in [4.69, 9.17) is 40.3 Å². The summed E-state index contributed by atoms with van der Waals surface area (Å²) in [4.78, 5) is 47.7. The number of hydrogen-bond donors (Lipinski definition) is 2. The number of rotatable bonds is 11. The molecule has 0 bridgehead atoms. The van der Waals surface area contributed by atoms with Crippen molar-refractivity contribution in [2.75, 3.05) is 33.0 Å². The molecule has 52 heavy (non-hydrogen) atoms. The molecule has 1 aromatic heterocycles. The molecule has 0 saturated carbocycles. The number of fused-ring (bicyclic) bond motifs is 3. The van der Waals surface area contributed by atoms with Crippen molar-refractivity contribution >= 4 is 51.9 Å². The minimum atomic E-state index is -2.02. The van der Waals surface area contributed by atoms with E-state index in [-0.39, 0.29) is 53.0 Å². The maximum Gasteiger partial charge on any atom is 0.231 e. The van der Waals surface area contributed by atoms with Crippen LogP contribution in [0.15, 0.2) is 59.9 Å². The highest BCUT2D eigenvalue weighted by molar-refractivity contribution is 7.98. The van der Waals surface area contributed by atoms with Crippen LogP contribution in [0, 0.1) is 5.92 Å². The van der Waals surface area contributed by atoms with Gasteiger partial charge in [-0.15, -0.1) is 0 Å². The van der Waals surface area contributed by atoms with Gasteiger partial charge in [0.2, 0.25) is 24.1 Å². The Kier molecular flexibility index (Phi) is 9.51. The second kappa shape index (κ2) is 13.9. The number of aliphatic hydroxyl groups excluding tert-OH is 1. The van der Waals surface area contributed by atoms with Crippen molar-refractivity contribution in [3.63, 3.8) is 0 Å². The van der Waals surface area contributed by atoms with E-state index in [2.05, 4.69) is 5.32 Å². The predicted octanol–water partition coefficient (Wildman–Crippen LogP) is 6.49. The Balaban J connectivity index is 1.32. The lowest BCUT2D eigenvalue weighted by molar-refractivity contribution is -0.122. The number of imidazole rings is 1. The number of allylic oxidation sites excluding steroid dienone is 1. The van der Waals surface area contributed by atoms with Gasteiger partial charge in [-0.05, 0) is 48.3 Å². The molecular weight excluding hydrogens is 710 g/mol. The van der Waals surface area contributed by atoms with E-state index in [1.54, 1.807) is 36.9 Å². The van der Waals surface area contributed by atoms with Crippen molar-refractivity contribution in [1.82, 2.24) is 14.9 Å². The molecule has 3 aromatic carbocycles. The van der Waals surface area contributed by atoms with Crippen LogP contribution in [0.1, 0.15) is 59.9 Å². The zero-order chi connectivity index (χ0) is 36.9. The third-order valence-electron chi connectivity index (χ3n) is 10.1. The second-order valence-corrected chi connectivity index (χ2v) is 14.4. The van der Waals surface area contributed by atoms with Gasteiger partial charge >= 0.3 is 0 Å². The first kappa shape index (κ1) is 35.5. The maximum atomic E-state index is 14.5. The molecule has 1 unspecified atom stereocenters. The number of halogens is 1. The number of aliphatic hydroxyl groups is 1. The summed E-state index contributed by atoms with van der Waals surface area (Å²) in [5.41, 5.74) is 0.130. The topological polar surface area (TPSA) is 147 Å². The molecule has 2 aliphatic heterocycles. The Labute approximate surface area is 309 Å². The number of aryl methyl sites for hydroxylation is 1. The van der Waals surface area contributed by atoms with Crippen LogP contribution in [0.5, 0.6) is 28.7 Å². The zero-order valence-corrected chi connectivity index (χ0v) is 30.9. The van der Waals surface area contributed by atoms with Crippen LogP contribution in [0.25, 0.3) is 11.0 Å². The van der Waals surface area contributed by atoms with Gasteiger partial charge in [-0.25, -0.2) is 4.98 Å². The third-order valence-corrected chi connectivity index (χ3v) is 11.1. The largest absolute Gasteiger partial charge is 0.507 e. The Morgan fingerprint density at radius 1 is 1.13 bits per heavy atom. The molecule has 0 saturated heterocycles. The van der Waals surface area contributed by atoms with Crippen molar-refractivity contribution in [2.24, 2.45) is 13.0 Å². The molecule has 0 radical (unpaired) electrons. The van der Waals surface area contributed by atoms with Crippen molar-refractivity contribution in [3.05, 3.63) is 81.8 Å². The van der Waals surface area contributed by atoms with E-state index in [1.807, 2.05) is 42.1 Å². The smallest absolute Gasteiger partial charge is 0.231 e. The number of thioether (sulfide) groups is 1. The lowest BCUT2D eigenvalue weighted by Crippen LogP contribution is -2.53. The lowest BCUT2D eigenvalue weighted by Gasteiger charge is -2.38. The van der Waals surface area contributed by atoms with Crippen LogP contribution in [0.2, 0.25) is 5.02 Å². The van der Waals surface area contributed by atoms with Crippen LogP contribution in [-0.4, -0.2) is 70.8 Å². The first-order valence-electron chi connectivity index (χ1n) is 16.8. The molecule has 272 valence electrons. The van der Waals surface area contributed by atoms with E-state index >= 15 is 0 Å². The molecule has 3 heterocycles. The number of carbonyl (C=O) groups excluding carboxylic acids is 3. The molecule has 3 aliphatic rings. The monoisotopic (exact) mass is 747 g/mol. The molecule has 12 nitrogen and oxygen atoms in total. The highest BCUT2D eigenvalue weighted by Crippen LogP contribution is 2.56. The molecule has 7 rings (SSSR count). The fourth-order valence-electron chi connectivity index (χ4n) is 7.47. The molecule has 2 N–H and O–H groups in total. The third kappa shape index (κ3) is 5.70. The number of nitrogens with one attached hydrogen (secondary N) is 1.